The Balaban J connectivity index is 1.67. The standard InChI is InChI=1S/C18H19N3OS/c1-13(16-12-23-17-6-4-3-5-15(16)17)20-18(22)21(2)11-14-7-9-19-10-8-14/h3-10,12-13H,11H2,1-2H3,(H,20,22)/t13-/m0/s1. The second-order valence-electron chi connectivity index (χ2n) is 5.57. The fourth-order valence-electron chi connectivity index (χ4n) is 2.54. The number of carbonyl (C=O) groups is 1. The highest BCUT2D eigenvalue weighted by molar-refractivity contribution is 7.17. The third-order valence-electron chi connectivity index (χ3n) is 3.83. The zero-order valence-electron chi connectivity index (χ0n) is 13.2. The fraction of sp³-hybridized carbons (Fsp3) is 0.222. The molecule has 0 unspecified atom stereocenters. The SMILES string of the molecule is C[C@H](NC(=O)N(C)Cc1ccncc1)c1csc2ccccc12. The highest BCUT2D eigenvalue weighted by Gasteiger charge is 2.16. The Labute approximate surface area is 139 Å². The number of pyridine rings is 1. The molecule has 0 aliphatic rings. The van der Waals surface area contributed by atoms with Crippen LogP contribution in [0.15, 0.2) is 54.2 Å². The molecule has 23 heavy (non-hydrogen) atoms. The number of aromatic nitrogens is 1. The van der Waals surface area contributed by atoms with Crippen LogP contribution in [0.4, 0.5) is 4.79 Å². The van der Waals surface area contributed by atoms with E-state index in [1.807, 2.05) is 31.2 Å². The first-order valence-corrected chi connectivity index (χ1v) is 8.40. The minimum Gasteiger partial charge on any atom is -0.331 e. The average Bonchev–Trinajstić information content (AvgIpc) is 2.99. The van der Waals surface area contributed by atoms with Crippen LogP contribution in [-0.4, -0.2) is 23.0 Å². The van der Waals surface area contributed by atoms with Crippen molar-refractivity contribution in [2.75, 3.05) is 7.05 Å². The summed E-state index contributed by atoms with van der Waals surface area (Å²) in [5.74, 6) is 0. The van der Waals surface area contributed by atoms with Gasteiger partial charge in [0.2, 0.25) is 0 Å². The third-order valence-corrected chi connectivity index (χ3v) is 4.81. The maximum Gasteiger partial charge on any atom is 0.317 e. The quantitative estimate of drug-likeness (QED) is 0.781. The molecule has 0 bridgehead atoms. The number of urea groups is 1. The Morgan fingerprint density at radius 3 is 2.78 bits per heavy atom. The molecule has 2 heterocycles. The Morgan fingerprint density at radius 2 is 2.00 bits per heavy atom. The summed E-state index contributed by atoms with van der Waals surface area (Å²) in [6, 6.07) is 12.0. The van der Waals surface area contributed by atoms with Gasteiger partial charge in [-0.05, 0) is 47.0 Å². The smallest absolute Gasteiger partial charge is 0.317 e. The van der Waals surface area contributed by atoms with Gasteiger partial charge in [-0.25, -0.2) is 4.79 Å². The molecule has 0 aliphatic heterocycles. The molecule has 2 aromatic heterocycles. The zero-order chi connectivity index (χ0) is 16.2. The van der Waals surface area contributed by atoms with E-state index in [0.717, 1.165) is 11.1 Å². The number of rotatable bonds is 4. The van der Waals surface area contributed by atoms with Crippen LogP contribution in [-0.2, 0) is 6.54 Å². The molecular weight excluding hydrogens is 306 g/mol. The first kappa shape index (κ1) is 15.5. The van der Waals surface area contributed by atoms with Crippen LogP contribution in [0.3, 0.4) is 0 Å². The monoisotopic (exact) mass is 325 g/mol. The highest BCUT2D eigenvalue weighted by Crippen LogP contribution is 2.30. The van der Waals surface area contributed by atoms with Crippen molar-refractivity contribution >= 4 is 27.5 Å². The van der Waals surface area contributed by atoms with E-state index in [0.29, 0.717) is 6.54 Å². The van der Waals surface area contributed by atoms with Gasteiger partial charge in [0.1, 0.15) is 0 Å². The predicted molar refractivity (Wildman–Crippen MR) is 94.5 cm³/mol. The van der Waals surface area contributed by atoms with E-state index < -0.39 is 0 Å². The van der Waals surface area contributed by atoms with Crippen LogP contribution < -0.4 is 5.32 Å². The second kappa shape index (κ2) is 6.79. The van der Waals surface area contributed by atoms with E-state index in [9.17, 15) is 4.79 Å². The molecule has 0 aliphatic carbocycles. The summed E-state index contributed by atoms with van der Waals surface area (Å²) in [7, 11) is 1.80. The Bertz CT molecular complexity index is 800. The molecule has 2 amide bonds. The molecule has 1 N–H and O–H groups in total. The van der Waals surface area contributed by atoms with Crippen molar-refractivity contribution in [3.8, 4) is 0 Å². The third kappa shape index (κ3) is 3.51. The van der Waals surface area contributed by atoms with Crippen molar-refractivity contribution < 1.29 is 4.79 Å². The molecule has 1 atom stereocenters. The molecule has 4 nitrogen and oxygen atoms in total. The van der Waals surface area contributed by atoms with Crippen LogP contribution in [0.25, 0.3) is 10.1 Å². The Morgan fingerprint density at radius 1 is 1.26 bits per heavy atom. The van der Waals surface area contributed by atoms with Gasteiger partial charge in [-0.15, -0.1) is 11.3 Å². The maximum absolute atomic E-state index is 12.4. The summed E-state index contributed by atoms with van der Waals surface area (Å²) >= 11 is 1.71. The maximum atomic E-state index is 12.4. The molecule has 0 fully saturated rings. The lowest BCUT2D eigenvalue weighted by molar-refractivity contribution is 0.203. The normalized spacial score (nSPS) is 12.1. The van der Waals surface area contributed by atoms with Crippen LogP contribution in [0.2, 0.25) is 0 Å². The lowest BCUT2D eigenvalue weighted by atomic mass is 10.1. The van der Waals surface area contributed by atoms with Crippen molar-refractivity contribution in [2.24, 2.45) is 0 Å². The molecule has 118 valence electrons. The first-order chi connectivity index (χ1) is 11.1. The summed E-state index contributed by atoms with van der Waals surface area (Å²) < 4.78 is 1.24. The van der Waals surface area contributed by atoms with Gasteiger partial charge >= 0.3 is 6.03 Å². The molecule has 5 heteroatoms. The summed E-state index contributed by atoms with van der Waals surface area (Å²) in [5, 5.41) is 6.41. The van der Waals surface area contributed by atoms with E-state index in [4.69, 9.17) is 0 Å². The minimum absolute atomic E-state index is 0.0291. The zero-order valence-corrected chi connectivity index (χ0v) is 14.0. The summed E-state index contributed by atoms with van der Waals surface area (Å²) in [4.78, 5) is 18.1. The Hall–Kier alpha value is -2.40. The molecule has 0 saturated heterocycles. The van der Waals surface area contributed by atoms with Crippen molar-refractivity contribution in [2.45, 2.75) is 19.5 Å². The summed E-state index contributed by atoms with van der Waals surface area (Å²) in [5.41, 5.74) is 2.22. The lowest BCUT2D eigenvalue weighted by Crippen LogP contribution is -2.38. The van der Waals surface area contributed by atoms with Crippen molar-refractivity contribution in [1.82, 2.24) is 15.2 Å². The van der Waals surface area contributed by atoms with Crippen LogP contribution in [0.1, 0.15) is 24.1 Å². The van der Waals surface area contributed by atoms with Crippen LogP contribution in [0.5, 0.6) is 0 Å². The van der Waals surface area contributed by atoms with E-state index in [1.165, 1.54) is 10.1 Å². The van der Waals surface area contributed by atoms with Gasteiger partial charge in [0, 0.05) is 30.7 Å². The van der Waals surface area contributed by atoms with E-state index in [-0.39, 0.29) is 12.1 Å². The fourth-order valence-corrected chi connectivity index (χ4v) is 3.60. The number of amides is 2. The number of fused-ring (bicyclic) bond motifs is 1. The lowest BCUT2D eigenvalue weighted by Gasteiger charge is -2.21. The van der Waals surface area contributed by atoms with Crippen LogP contribution >= 0.6 is 11.3 Å². The van der Waals surface area contributed by atoms with Gasteiger partial charge in [-0.3, -0.25) is 4.98 Å². The largest absolute Gasteiger partial charge is 0.331 e. The molecule has 3 aromatic rings. The molecule has 3 rings (SSSR count). The van der Waals surface area contributed by atoms with Gasteiger partial charge in [-0.2, -0.15) is 0 Å². The van der Waals surface area contributed by atoms with E-state index in [1.54, 1.807) is 35.7 Å². The number of hydrogen-bond donors (Lipinski definition) is 1. The molecule has 1 aromatic carbocycles. The molecule has 0 radical (unpaired) electrons. The number of benzene rings is 1. The van der Waals surface area contributed by atoms with Gasteiger partial charge in [0.05, 0.1) is 6.04 Å². The first-order valence-electron chi connectivity index (χ1n) is 7.52. The second-order valence-corrected chi connectivity index (χ2v) is 6.48. The number of nitrogens with zero attached hydrogens (tertiary/aromatic N) is 2. The van der Waals surface area contributed by atoms with Gasteiger partial charge in [0.25, 0.3) is 0 Å². The highest BCUT2D eigenvalue weighted by atomic mass is 32.1. The summed E-state index contributed by atoms with van der Waals surface area (Å²) in [6.07, 6.45) is 3.47. The predicted octanol–water partition coefficient (Wildman–Crippen LogP) is 4.20. The van der Waals surface area contributed by atoms with E-state index in [2.05, 4.69) is 27.8 Å². The molecular formula is C18H19N3OS. The van der Waals surface area contributed by atoms with Gasteiger partial charge in [0.15, 0.2) is 0 Å². The molecule has 0 spiro atoms. The Kier molecular flexibility index (Phi) is 4.57. The molecule has 0 saturated carbocycles. The van der Waals surface area contributed by atoms with E-state index >= 15 is 0 Å². The number of nitrogens with one attached hydrogen (secondary N) is 1. The number of thiophene rings is 1. The number of carbonyl (C=O) groups excluding carboxylic acids is 1. The topological polar surface area (TPSA) is 45.2 Å². The van der Waals surface area contributed by atoms with Crippen molar-refractivity contribution in [3.63, 3.8) is 0 Å². The van der Waals surface area contributed by atoms with Crippen molar-refractivity contribution in [3.05, 3.63) is 65.3 Å². The summed E-state index contributed by atoms with van der Waals surface area (Å²) in [6.45, 7) is 2.58. The van der Waals surface area contributed by atoms with Crippen molar-refractivity contribution in [1.29, 1.82) is 0 Å². The minimum atomic E-state index is -0.0791. The van der Waals surface area contributed by atoms with Gasteiger partial charge < -0.3 is 10.2 Å². The van der Waals surface area contributed by atoms with Gasteiger partial charge in [-0.1, -0.05) is 18.2 Å². The number of hydrogen-bond acceptors (Lipinski definition) is 3. The van der Waals surface area contributed by atoms with Crippen LogP contribution in [0, 0.1) is 0 Å². The average molecular weight is 325 g/mol.